The van der Waals surface area contributed by atoms with E-state index in [0.29, 0.717) is 25.6 Å². The van der Waals surface area contributed by atoms with Crippen LogP contribution in [0.2, 0.25) is 0 Å². The fraction of sp³-hybridized carbons (Fsp3) is 0.556. The van der Waals surface area contributed by atoms with Gasteiger partial charge in [0.1, 0.15) is 18.9 Å². The van der Waals surface area contributed by atoms with E-state index in [1.165, 1.54) is 10.5 Å². The first kappa shape index (κ1) is 16.6. The molecule has 0 aliphatic carbocycles. The monoisotopic (exact) mass is 332 g/mol. The highest BCUT2D eigenvalue weighted by molar-refractivity contribution is 5.83. The topological polar surface area (TPSA) is 59.1 Å². The summed E-state index contributed by atoms with van der Waals surface area (Å²) in [6.07, 6.45) is 2.79. The van der Waals surface area contributed by atoms with Gasteiger partial charge in [-0.2, -0.15) is 0 Å². The van der Waals surface area contributed by atoms with E-state index in [2.05, 4.69) is 12.1 Å². The molecular weight excluding hydrogens is 308 g/mol. The molecule has 6 nitrogen and oxygen atoms in total. The Labute approximate surface area is 142 Å². The van der Waals surface area contributed by atoms with Crippen molar-refractivity contribution in [3.05, 3.63) is 29.8 Å². The summed E-state index contributed by atoms with van der Waals surface area (Å²) in [5.74, 6) is 1.18. The van der Waals surface area contributed by atoms with Crippen LogP contribution in [0.4, 0.5) is 4.79 Å². The van der Waals surface area contributed by atoms with E-state index in [-0.39, 0.29) is 18.5 Å². The first-order valence-corrected chi connectivity index (χ1v) is 8.51. The maximum atomic E-state index is 12.6. The Bertz CT molecular complexity index is 587. The van der Waals surface area contributed by atoms with Crippen molar-refractivity contribution in [1.82, 2.24) is 9.80 Å². The minimum absolute atomic E-state index is 0.00858. The molecule has 2 heterocycles. The van der Waals surface area contributed by atoms with Gasteiger partial charge in [0.15, 0.2) is 0 Å². The molecule has 1 aromatic carbocycles. The molecule has 1 aromatic rings. The molecular formula is C18H24N2O4. The Hall–Kier alpha value is -2.24. The molecule has 130 valence electrons. The maximum absolute atomic E-state index is 12.6. The van der Waals surface area contributed by atoms with Crippen LogP contribution in [0.15, 0.2) is 24.3 Å². The lowest BCUT2D eigenvalue weighted by molar-refractivity contribution is -0.131. The van der Waals surface area contributed by atoms with E-state index < -0.39 is 0 Å². The zero-order chi connectivity index (χ0) is 16.9. The number of hydrogen-bond acceptors (Lipinski definition) is 4. The molecule has 2 amide bonds. The van der Waals surface area contributed by atoms with Crippen molar-refractivity contribution in [3.8, 4) is 5.75 Å². The Morgan fingerprint density at radius 1 is 1.25 bits per heavy atom. The maximum Gasteiger partial charge on any atom is 0.410 e. The van der Waals surface area contributed by atoms with E-state index in [4.69, 9.17) is 9.47 Å². The minimum Gasteiger partial charge on any atom is -0.497 e. The number of ether oxygens (including phenoxy) is 2. The normalized spacial score (nSPS) is 21.4. The van der Waals surface area contributed by atoms with Gasteiger partial charge in [-0.05, 0) is 30.5 Å². The van der Waals surface area contributed by atoms with E-state index in [1.807, 2.05) is 17.0 Å². The lowest BCUT2D eigenvalue weighted by Gasteiger charge is -2.26. The second kappa shape index (κ2) is 7.55. The van der Waals surface area contributed by atoms with Crippen molar-refractivity contribution in [3.63, 3.8) is 0 Å². The lowest BCUT2D eigenvalue weighted by atomic mass is 9.94. The van der Waals surface area contributed by atoms with Crippen LogP contribution in [0.5, 0.6) is 5.75 Å². The summed E-state index contributed by atoms with van der Waals surface area (Å²) in [5, 5.41) is 0. The number of rotatable bonds is 4. The molecule has 2 aliphatic heterocycles. The molecule has 2 fully saturated rings. The van der Waals surface area contributed by atoms with Crippen LogP contribution < -0.4 is 4.74 Å². The Morgan fingerprint density at radius 2 is 2.04 bits per heavy atom. The Kier molecular flexibility index (Phi) is 5.23. The van der Waals surface area contributed by atoms with Gasteiger partial charge >= 0.3 is 6.09 Å². The molecule has 24 heavy (non-hydrogen) atoms. The summed E-state index contributed by atoms with van der Waals surface area (Å²) in [6, 6.07) is 8.09. The fourth-order valence-corrected chi connectivity index (χ4v) is 3.35. The van der Waals surface area contributed by atoms with Gasteiger partial charge in [0.05, 0.1) is 13.7 Å². The summed E-state index contributed by atoms with van der Waals surface area (Å²) in [4.78, 5) is 27.5. The molecule has 0 spiro atoms. The summed E-state index contributed by atoms with van der Waals surface area (Å²) < 4.78 is 10.1. The van der Waals surface area contributed by atoms with Crippen LogP contribution in [0.3, 0.4) is 0 Å². The van der Waals surface area contributed by atoms with Gasteiger partial charge in [0.25, 0.3) is 0 Å². The third-order valence-corrected chi connectivity index (χ3v) is 4.78. The SMILES string of the molecule is COc1ccc([C@@H]2CCCCN(C(=O)CN3CCOC3=O)C2)cc1. The highest BCUT2D eigenvalue weighted by Crippen LogP contribution is 2.28. The van der Waals surface area contributed by atoms with Gasteiger partial charge in [-0.1, -0.05) is 18.6 Å². The lowest BCUT2D eigenvalue weighted by Crippen LogP contribution is -2.42. The zero-order valence-electron chi connectivity index (χ0n) is 14.1. The highest BCUT2D eigenvalue weighted by atomic mass is 16.6. The van der Waals surface area contributed by atoms with Gasteiger partial charge in [-0.3, -0.25) is 9.69 Å². The van der Waals surface area contributed by atoms with Crippen molar-refractivity contribution < 1.29 is 19.1 Å². The number of nitrogens with zero attached hydrogens (tertiary/aromatic N) is 2. The second-order valence-electron chi connectivity index (χ2n) is 6.34. The first-order valence-electron chi connectivity index (χ1n) is 8.51. The summed E-state index contributed by atoms with van der Waals surface area (Å²) in [5.41, 5.74) is 1.23. The van der Waals surface area contributed by atoms with Crippen LogP contribution >= 0.6 is 0 Å². The summed E-state index contributed by atoms with van der Waals surface area (Å²) in [6.45, 7) is 2.46. The minimum atomic E-state index is -0.384. The molecule has 0 bridgehead atoms. The zero-order valence-corrected chi connectivity index (χ0v) is 14.1. The molecule has 3 rings (SSSR count). The van der Waals surface area contributed by atoms with Gasteiger partial charge in [-0.25, -0.2) is 4.79 Å². The van der Waals surface area contributed by atoms with Crippen LogP contribution in [-0.2, 0) is 9.53 Å². The number of methoxy groups -OCH3 is 1. The van der Waals surface area contributed by atoms with E-state index >= 15 is 0 Å². The first-order chi connectivity index (χ1) is 11.7. The molecule has 0 aromatic heterocycles. The van der Waals surface area contributed by atoms with Crippen LogP contribution in [-0.4, -0.2) is 61.7 Å². The molecule has 6 heteroatoms. The predicted octanol–water partition coefficient (Wildman–Crippen LogP) is 2.24. The van der Waals surface area contributed by atoms with Crippen molar-refractivity contribution >= 4 is 12.0 Å². The predicted molar refractivity (Wildman–Crippen MR) is 89.1 cm³/mol. The van der Waals surface area contributed by atoms with Gasteiger partial charge in [0, 0.05) is 19.0 Å². The summed E-state index contributed by atoms with van der Waals surface area (Å²) >= 11 is 0. The van der Waals surface area contributed by atoms with E-state index in [0.717, 1.165) is 31.6 Å². The number of amides is 2. The molecule has 1 atom stereocenters. The number of carbonyl (C=O) groups is 2. The Morgan fingerprint density at radius 3 is 2.71 bits per heavy atom. The van der Waals surface area contributed by atoms with Crippen molar-refractivity contribution in [2.75, 3.05) is 39.9 Å². The Balaban J connectivity index is 1.65. The molecule has 0 radical (unpaired) electrons. The van der Waals surface area contributed by atoms with Crippen molar-refractivity contribution in [2.45, 2.75) is 25.2 Å². The molecule has 0 N–H and O–H groups in total. The molecule has 2 saturated heterocycles. The molecule has 2 aliphatic rings. The quantitative estimate of drug-likeness (QED) is 0.848. The van der Waals surface area contributed by atoms with Crippen LogP contribution in [0.1, 0.15) is 30.7 Å². The standard InChI is InChI=1S/C18H24N2O4/c1-23-16-7-5-14(6-8-16)15-4-2-3-9-19(12-15)17(21)13-20-10-11-24-18(20)22/h5-8,15H,2-4,9-13H2,1H3/t15-/m1/s1. The summed E-state index contributed by atoms with van der Waals surface area (Å²) in [7, 11) is 1.66. The van der Waals surface area contributed by atoms with Gasteiger partial charge < -0.3 is 14.4 Å². The number of benzene rings is 1. The van der Waals surface area contributed by atoms with Crippen molar-refractivity contribution in [2.24, 2.45) is 0 Å². The highest BCUT2D eigenvalue weighted by Gasteiger charge is 2.28. The number of carbonyl (C=O) groups excluding carboxylic acids is 2. The van der Waals surface area contributed by atoms with Gasteiger partial charge in [-0.15, -0.1) is 0 Å². The van der Waals surface area contributed by atoms with Crippen LogP contribution in [0, 0.1) is 0 Å². The van der Waals surface area contributed by atoms with Gasteiger partial charge in [0.2, 0.25) is 5.91 Å². The number of likely N-dealkylation sites (tertiary alicyclic amines) is 1. The third kappa shape index (κ3) is 3.80. The molecule has 0 unspecified atom stereocenters. The largest absolute Gasteiger partial charge is 0.497 e. The third-order valence-electron chi connectivity index (χ3n) is 4.78. The fourth-order valence-electron chi connectivity index (χ4n) is 3.35. The second-order valence-corrected chi connectivity index (χ2v) is 6.34. The number of cyclic esters (lactones) is 1. The van der Waals surface area contributed by atoms with E-state index in [9.17, 15) is 9.59 Å². The van der Waals surface area contributed by atoms with Crippen LogP contribution in [0.25, 0.3) is 0 Å². The smallest absolute Gasteiger partial charge is 0.410 e. The molecule has 0 saturated carbocycles. The average molecular weight is 332 g/mol. The van der Waals surface area contributed by atoms with Crippen molar-refractivity contribution in [1.29, 1.82) is 0 Å². The number of hydrogen-bond donors (Lipinski definition) is 0. The van der Waals surface area contributed by atoms with E-state index in [1.54, 1.807) is 7.11 Å². The average Bonchev–Trinajstić information content (AvgIpc) is 2.87.